The number of hydrogen-bond acceptors (Lipinski definition) is 9. The third kappa shape index (κ3) is 6.76. The molecule has 0 aliphatic carbocycles. The average molecular weight is 568 g/mol. The van der Waals surface area contributed by atoms with Crippen LogP contribution in [0.4, 0.5) is 0 Å². The molecule has 0 radical (unpaired) electrons. The summed E-state index contributed by atoms with van der Waals surface area (Å²) in [5.41, 5.74) is 7.41. The summed E-state index contributed by atoms with van der Waals surface area (Å²) >= 11 is 0. The number of fused-ring (bicyclic) bond motifs is 1. The van der Waals surface area contributed by atoms with E-state index in [9.17, 15) is 9.90 Å². The van der Waals surface area contributed by atoms with E-state index in [0.29, 0.717) is 29.1 Å². The van der Waals surface area contributed by atoms with Crippen LogP contribution in [0, 0.1) is 6.92 Å². The summed E-state index contributed by atoms with van der Waals surface area (Å²) in [6.45, 7) is 4.51. The van der Waals surface area contributed by atoms with Crippen molar-refractivity contribution in [2.24, 2.45) is 0 Å². The van der Waals surface area contributed by atoms with Crippen molar-refractivity contribution in [3.8, 4) is 22.6 Å². The molecule has 0 saturated heterocycles. The lowest BCUT2D eigenvalue weighted by Gasteiger charge is -2.18. The Labute approximate surface area is 244 Å². The lowest BCUT2D eigenvalue weighted by molar-refractivity contribution is -0.146. The molecule has 4 aromatic carbocycles. The number of esters is 1. The predicted octanol–water partition coefficient (Wildman–Crippen LogP) is 5.37. The zero-order valence-corrected chi connectivity index (χ0v) is 23.6. The van der Waals surface area contributed by atoms with E-state index in [1.807, 2.05) is 60.7 Å². The molecule has 0 bridgehead atoms. The van der Waals surface area contributed by atoms with E-state index in [2.05, 4.69) is 46.8 Å². The van der Waals surface area contributed by atoms with Gasteiger partial charge < -0.3 is 19.3 Å². The number of aliphatic hydroxyl groups is 1. The summed E-state index contributed by atoms with van der Waals surface area (Å²) in [5.74, 6) is 0.674. The smallest absolute Gasteiger partial charge is 0.325 e. The van der Waals surface area contributed by atoms with Crippen LogP contribution in [0.15, 0.2) is 89.6 Å². The van der Waals surface area contributed by atoms with Crippen LogP contribution in [0.1, 0.15) is 29.2 Å². The van der Waals surface area contributed by atoms with Crippen LogP contribution >= 0.6 is 0 Å². The average Bonchev–Trinajstić information content (AvgIpc) is 3.51. The Kier molecular flexibility index (Phi) is 9.43. The van der Waals surface area contributed by atoms with Crippen molar-refractivity contribution in [3.63, 3.8) is 0 Å². The highest BCUT2D eigenvalue weighted by atomic mass is 16.6. The SMILES string of the molecule is CCOC(=O)[C@@H](CO)NCc1ccc(OCc2cccc(-c3ccccc3)c2C)cc1OCc1cccc2nonc12. The van der Waals surface area contributed by atoms with Gasteiger partial charge in [-0.25, -0.2) is 4.63 Å². The lowest BCUT2D eigenvalue weighted by Crippen LogP contribution is -2.40. The third-order valence-corrected chi connectivity index (χ3v) is 7.01. The standard InChI is InChI=1S/C33H33N3O6/c1-3-39-33(38)30(19-37)34-18-24-15-16-27(17-31(24)41-21-26-12-8-14-29-32(26)36-42-35-29)40-20-25-11-7-13-28(22(25)2)23-9-5-4-6-10-23/h4-17,30,34,37H,3,18-21H2,1-2H3/t30-/m1/s1. The second-order valence-corrected chi connectivity index (χ2v) is 9.72. The Bertz CT molecular complexity index is 1640. The van der Waals surface area contributed by atoms with E-state index >= 15 is 0 Å². The topological polar surface area (TPSA) is 116 Å². The van der Waals surface area contributed by atoms with E-state index < -0.39 is 18.6 Å². The maximum absolute atomic E-state index is 12.2. The third-order valence-electron chi connectivity index (χ3n) is 7.01. The van der Waals surface area contributed by atoms with Gasteiger partial charge in [-0.05, 0) is 58.5 Å². The zero-order valence-electron chi connectivity index (χ0n) is 23.6. The van der Waals surface area contributed by atoms with E-state index in [0.717, 1.165) is 27.8 Å². The van der Waals surface area contributed by atoms with E-state index in [-0.39, 0.29) is 19.8 Å². The lowest BCUT2D eigenvalue weighted by atomic mass is 9.97. The molecule has 9 nitrogen and oxygen atoms in total. The molecule has 42 heavy (non-hydrogen) atoms. The quantitative estimate of drug-likeness (QED) is 0.181. The largest absolute Gasteiger partial charge is 0.489 e. The highest BCUT2D eigenvalue weighted by Crippen LogP contribution is 2.30. The summed E-state index contributed by atoms with van der Waals surface area (Å²) in [4.78, 5) is 12.2. The van der Waals surface area contributed by atoms with Crippen molar-refractivity contribution in [1.82, 2.24) is 15.6 Å². The number of nitrogens with zero attached hydrogens (tertiary/aromatic N) is 2. The maximum Gasteiger partial charge on any atom is 0.325 e. The van der Waals surface area contributed by atoms with Crippen LogP contribution in [0.5, 0.6) is 11.5 Å². The minimum atomic E-state index is -0.858. The van der Waals surface area contributed by atoms with Gasteiger partial charge in [0.2, 0.25) is 0 Å². The molecule has 1 atom stereocenters. The first-order valence-corrected chi connectivity index (χ1v) is 13.8. The van der Waals surface area contributed by atoms with Crippen molar-refractivity contribution in [3.05, 3.63) is 107 Å². The van der Waals surface area contributed by atoms with Gasteiger partial charge in [0, 0.05) is 23.7 Å². The van der Waals surface area contributed by atoms with Crippen LogP contribution in [-0.4, -0.2) is 40.6 Å². The molecule has 0 unspecified atom stereocenters. The number of benzene rings is 4. The monoisotopic (exact) mass is 567 g/mol. The van der Waals surface area contributed by atoms with Crippen LogP contribution in [0.3, 0.4) is 0 Å². The summed E-state index contributed by atoms with van der Waals surface area (Å²) < 4.78 is 22.4. The fraction of sp³-hybridized carbons (Fsp3) is 0.242. The van der Waals surface area contributed by atoms with Gasteiger partial charge in [-0.15, -0.1) is 0 Å². The number of aromatic nitrogens is 2. The summed E-state index contributed by atoms with van der Waals surface area (Å²) in [6.07, 6.45) is 0. The van der Waals surface area contributed by atoms with Gasteiger partial charge in [-0.2, -0.15) is 0 Å². The summed E-state index contributed by atoms with van der Waals surface area (Å²) in [7, 11) is 0. The molecule has 2 N–H and O–H groups in total. The number of carbonyl (C=O) groups is 1. The minimum absolute atomic E-state index is 0.210. The van der Waals surface area contributed by atoms with E-state index in [1.165, 1.54) is 5.56 Å². The van der Waals surface area contributed by atoms with Gasteiger partial charge in [-0.1, -0.05) is 66.7 Å². The van der Waals surface area contributed by atoms with Gasteiger partial charge in [0.25, 0.3) is 0 Å². The van der Waals surface area contributed by atoms with Crippen molar-refractivity contribution in [2.75, 3.05) is 13.2 Å². The number of nitrogens with one attached hydrogen (secondary N) is 1. The highest BCUT2D eigenvalue weighted by Gasteiger charge is 2.19. The molecule has 9 heteroatoms. The first-order chi connectivity index (χ1) is 20.6. The van der Waals surface area contributed by atoms with Crippen LogP contribution in [-0.2, 0) is 29.3 Å². The molecule has 0 saturated carbocycles. The van der Waals surface area contributed by atoms with Gasteiger partial charge in [-0.3, -0.25) is 10.1 Å². The molecule has 1 aromatic heterocycles. The molecular weight excluding hydrogens is 534 g/mol. The molecule has 0 fully saturated rings. The summed E-state index contributed by atoms with van der Waals surface area (Å²) in [5, 5.41) is 20.7. The molecular formula is C33H33N3O6. The molecule has 0 aliphatic heterocycles. The van der Waals surface area contributed by atoms with Crippen molar-refractivity contribution >= 4 is 17.0 Å². The molecule has 0 aliphatic rings. The molecule has 5 aromatic rings. The highest BCUT2D eigenvalue weighted by molar-refractivity contribution is 5.77. The normalized spacial score (nSPS) is 11.8. The van der Waals surface area contributed by atoms with E-state index in [1.54, 1.807) is 6.92 Å². The first-order valence-electron chi connectivity index (χ1n) is 13.8. The number of hydrogen-bond donors (Lipinski definition) is 2. The number of ether oxygens (including phenoxy) is 3. The number of carbonyl (C=O) groups excluding carboxylic acids is 1. The van der Waals surface area contributed by atoms with Crippen molar-refractivity contribution in [2.45, 2.75) is 39.6 Å². The fourth-order valence-corrected chi connectivity index (χ4v) is 4.67. The number of rotatable bonds is 13. The van der Waals surface area contributed by atoms with Crippen molar-refractivity contribution in [1.29, 1.82) is 0 Å². The molecule has 1 heterocycles. The van der Waals surface area contributed by atoms with Crippen LogP contribution in [0.25, 0.3) is 22.2 Å². The molecule has 0 spiro atoms. The van der Waals surface area contributed by atoms with E-state index in [4.69, 9.17) is 18.8 Å². The van der Waals surface area contributed by atoms with Gasteiger partial charge in [0.1, 0.15) is 41.8 Å². The predicted molar refractivity (Wildman–Crippen MR) is 158 cm³/mol. The Hall–Kier alpha value is -4.73. The molecule has 0 amide bonds. The fourth-order valence-electron chi connectivity index (χ4n) is 4.67. The van der Waals surface area contributed by atoms with Gasteiger partial charge in [0.05, 0.1) is 13.2 Å². The second-order valence-electron chi connectivity index (χ2n) is 9.72. The molecule has 5 rings (SSSR count). The van der Waals surface area contributed by atoms with Gasteiger partial charge in [0.15, 0.2) is 0 Å². The Morgan fingerprint density at radius 2 is 1.69 bits per heavy atom. The van der Waals surface area contributed by atoms with Crippen LogP contribution in [0.2, 0.25) is 0 Å². The Morgan fingerprint density at radius 3 is 2.50 bits per heavy atom. The maximum atomic E-state index is 12.2. The van der Waals surface area contributed by atoms with Gasteiger partial charge >= 0.3 is 5.97 Å². The van der Waals surface area contributed by atoms with Crippen LogP contribution < -0.4 is 14.8 Å². The minimum Gasteiger partial charge on any atom is -0.489 e. The van der Waals surface area contributed by atoms with Crippen molar-refractivity contribution < 1.29 is 28.7 Å². The second kappa shape index (κ2) is 13.8. The summed E-state index contributed by atoms with van der Waals surface area (Å²) in [6, 6.07) is 26.8. The number of aliphatic hydroxyl groups excluding tert-OH is 1. The Morgan fingerprint density at radius 1 is 0.905 bits per heavy atom. The zero-order chi connectivity index (χ0) is 29.3. The Balaban J connectivity index is 1.36. The molecule has 216 valence electrons. The first kappa shape index (κ1) is 28.8.